The highest BCUT2D eigenvalue weighted by Crippen LogP contribution is 2.34. The van der Waals surface area contributed by atoms with Gasteiger partial charge in [-0.1, -0.05) is 6.07 Å². The van der Waals surface area contributed by atoms with E-state index in [2.05, 4.69) is 0 Å². The second-order valence-electron chi connectivity index (χ2n) is 5.52. The Hall–Kier alpha value is -2.04. The van der Waals surface area contributed by atoms with E-state index < -0.39 is 0 Å². The number of Topliss-reactive ketones (excluding diaryl/α,β-unsaturated/α-hetero) is 1. The van der Waals surface area contributed by atoms with Crippen molar-refractivity contribution in [2.75, 3.05) is 20.3 Å². The Morgan fingerprint density at radius 3 is 2.67 bits per heavy atom. The van der Waals surface area contributed by atoms with Crippen LogP contribution in [0.4, 0.5) is 0 Å². The Morgan fingerprint density at radius 2 is 1.90 bits per heavy atom. The van der Waals surface area contributed by atoms with E-state index in [0.29, 0.717) is 48.9 Å². The van der Waals surface area contributed by atoms with Crippen LogP contribution in [0.3, 0.4) is 0 Å². The van der Waals surface area contributed by atoms with Gasteiger partial charge in [0.15, 0.2) is 11.5 Å². The van der Waals surface area contributed by atoms with Crippen molar-refractivity contribution in [2.24, 2.45) is 0 Å². The molecule has 0 spiro atoms. The van der Waals surface area contributed by atoms with Crippen LogP contribution in [0.1, 0.15) is 36.0 Å². The topological polar surface area (TPSA) is 55.8 Å². The van der Waals surface area contributed by atoms with E-state index >= 15 is 0 Å². The highest BCUT2D eigenvalue weighted by molar-refractivity contribution is 5.98. The summed E-state index contributed by atoms with van der Waals surface area (Å²) in [6.07, 6.45) is 2.62. The third-order valence-electron chi connectivity index (χ3n) is 4.18. The molecule has 1 saturated carbocycles. The molecule has 0 aromatic heterocycles. The van der Waals surface area contributed by atoms with E-state index in [0.717, 1.165) is 12.8 Å². The molecule has 0 bridgehead atoms. The summed E-state index contributed by atoms with van der Waals surface area (Å²) < 4.78 is 11.1. The summed E-state index contributed by atoms with van der Waals surface area (Å²) in [4.78, 5) is 25.8. The van der Waals surface area contributed by atoms with E-state index in [-0.39, 0.29) is 11.9 Å². The van der Waals surface area contributed by atoms with Crippen LogP contribution in [0, 0.1) is 0 Å². The third kappa shape index (κ3) is 2.73. The Labute approximate surface area is 123 Å². The smallest absolute Gasteiger partial charge is 0.257 e. The number of amides is 1. The van der Waals surface area contributed by atoms with Crippen LogP contribution in [-0.4, -0.2) is 42.9 Å². The van der Waals surface area contributed by atoms with Gasteiger partial charge in [0.1, 0.15) is 19.0 Å². The molecule has 1 aliphatic heterocycles. The zero-order chi connectivity index (χ0) is 14.8. The fraction of sp³-hybridized carbons (Fsp3) is 0.500. The molecular weight excluding hydrogens is 270 g/mol. The predicted octanol–water partition coefficient (Wildman–Crippen LogP) is 2.04. The highest BCUT2D eigenvalue weighted by atomic mass is 16.6. The van der Waals surface area contributed by atoms with Crippen LogP contribution in [-0.2, 0) is 4.79 Å². The first-order valence-electron chi connectivity index (χ1n) is 7.34. The fourth-order valence-electron chi connectivity index (χ4n) is 2.91. The Kier molecular flexibility index (Phi) is 3.82. The first-order chi connectivity index (χ1) is 10.2. The van der Waals surface area contributed by atoms with Crippen LogP contribution in [0.5, 0.6) is 11.5 Å². The average molecular weight is 289 g/mol. The number of nitrogens with zero attached hydrogens (tertiary/aromatic N) is 1. The van der Waals surface area contributed by atoms with E-state index in [1.165, 1.54) is 0 Å². The molecule has 1 amide bonds. The molecule has 5 nitrogen and oxygen atoms in total. The maximum Gasteiger partial charge on any atom is 0.257 e. The van der Waals surface area contributed by atoms with Crippen molar-refractivity contribution in [3.63, 3.8) is 0 Å². The number of rotatable bonds is 2. The first-order valence-corrected chi connectivity index (χ1v) is 7.34. The molecule has 21 heavy (non-hydrogen) atoms. The van der Waals surface area contributed by atoms with Gasteiger partial charge in [-0.3, -0.25) is 9.59 Å². The number of benzene rings is 1. The summed E-state index contributed by atoms with van der Waals surface area (Å²) >= 11 is 0. The summed E-state index contributed by atoms with van der Waals surface area (Å²) in [5.41, 5.74) is 0.534. The number of hydrogen-bond donors (Lipinski definition) is 0. The lowest BCUT2D eigenvalue weighted by atomic mass is 9.93. The lowest BCUT2D eigenvalue weighted by Crippen LogP contribution is -2.39. The maximum atomic E-state index is 12.7. The van der Waals surface area contributed by atoms with Gasteiger partial charge in [0.25, 0.3) is 5.91 Å². The molecular formula is C16H19NO4. The summed E-state index contributed by atoms with van der Waals surface area (Å²) in [6, 6.07) is 5.50. The minimum absolute atomic E-state index is 0.0725. The summed E-state index contributed by atoms with van der Waals surface area (Å²) in [6.45, 7) is 0.962. The number of ketones is 1. The van der Waals surface area contributed by atoms with E-state index in [1.54, 1.807) is 24.1 Å². The number of para-hydroxylation sites is 1. The molecule has 0 atom stereocenters. The van der Waals surface area contributed by atoms with Gasteiger partial charge < -0.3 is 14.4 Å². The standard InChI is InChI=1S/C16H19NO4/c1-17(11-5-7-12(18)8-6-11)16(19)13-3-2-4-14-15(13)21-10-9-20-14/h2-4,11H,5-10H2,1H3. The molecule has 0 radical (unpaired) electrons. The molecule has 2 aliphatic rings. The molecule has 1 aromatic carbocycles. The van der Waals surface area contributed by atoms with Crippen molar-refractivity contribution < 1.29 is 19.1 Å². The van der Waals surface area contributed by atoms with Crippen LogP contribution < -0.4 is 9.47 Å². The second-order valence-corrected chi connectivity index (χ2v) is 5.52. The van der Waals surface area contributed by atoms with Gasteiger partial charge >= 0.3 is 0 Å². The van der Waals surface area contributed by atoms with Gasteiger partial charge in [0.05, 0.1) is 5.56 Å². The maximum absolute atomic E-state index is 12.7. The fourth-order valence-corrected chi connectivity index (χ4v) is 2.91. The monoisotopic (exact) mass is 289 g/mol. The largest absolute Gasteiger partial charge is 0.486 e. The molecule has 0 unspecified atom stereocenters. The number of hydrogen-bond acceptors (Lipinski definition) is 4. The SMILES string of the molecule is CN(C(=O)c1cccc2c1OCCO2)C1CCC(=O)CC1. The van der Waals surface area contributed by atoms with Crippen molar-refractivity contribution in [3.8, 4) is 11.5 Å². The van der Waals surface area contributed by atoms with Crippen LogP contribution in [0.15, 0.2) is 18.2 Å². The van der Waals surface area contributed by atoms with Gasteiger partial charge in [-0.2, -0.15) is 0 Å². The van der Waals surface area contributed by atoms with E-state index in [1.807, 2.05) is 6.07 Å². The number of carbonyl (C=O) groups excluding carboxylic acids is 2. The molecule has 5 heteroatoms. The van der Waals surface area contributed by atoms with Gasteiger partial charge in [-0.25, -0.2) is 0 Å². The molecule has 1 fully saturated rings. The van der Waals surface area contributed by atoms with Crippen LogP contribution in [0.25, 0.3) is 0 Å². The second kappa shape index (κ2) is 5.76. The summed E-state index contributed by atoms with van der Waals surface area (Å²) in [7, 11) is 1.80. The first kappa shape index (κ1) is 13.9. The minimum Gasteiger partial charge on any atom is -0.486 e. The molecule has 112 valence electrons. The van der Waals surface area contributed by atoms with Crippen molar-refractivity contribution in [1.82, 2.24) is 4.90 Å². The van der Waals surface area contributed by atoms with Crippen molar-refractivity contribution in [2.45, 2.75) is 31.7 Å². The van der Waals surface area contributed by atoms with Gasteiger partial charge in [-0.05, 0) is 25.0 Å². The molecule has 1 aliphatic carbocycles. The Balaban J connectivity index is 1.80. The van der Waals surface area contributed by atoms with Gasteiger partial charge in [-0.15, -0.1) is 0 Å². The predicted molar refractivity (Wildman–Crippen MR) is 76.8 cm³/mol. The Morgan fingerprint density at radius 1 is 1.19 bits per heavy atom. The van der Waals surface area contributed by atoms with Gasteiger partial charge in [0.2, 0.25) is 0 Å². The molecule has 0 N–H and O–H groups in total. The summed E-state index contributed by atoms with van der Waals surface area (Å²) in [5.74, 6) is 1.38. The normalized spacial score (nSPS) is 18.4. The third-order valence-corrected chi connectivity index (χ3v) is 4.18. The Bertz CT molecular complexity index is 559. The molecule has 3 rings (SSSR count). The van der Waals surface area contributed by atoms with Crippen LogP contribution >= 0.6 is 0 Å². The van der Waals surface area contributed by atoms with E-state index in [4.69, 9.17) is 9.47 Å². The molecule has 1 heterocycles. The number of carbonyl (C=O) groups is 2. The quantitative estimate of drug-likeness (QED) is 0.836. The van der Waals surface area contributed by atoms with Crippen molar-refractivity contribution in [1.29, 1.82) is 0 Å². The van der Waals surface area contributed by atoms with Crippen LogP contribution in [0.2, 0.25) is 0 Å². The zero-order valence-electron chi connectivity index (χ0n) is 12.1. The van der Waals surface area contributed by atoms with E-state index in [9.17, 15) is 9.59 Å². The number of ether oxygens (including phenoxy) is 2. The lowest BCUT2D eigenvalue weighted by Gasteiger charge is -2.31. The highest BCUT2D eigenvalue weighted by Gasteiger charge is 2.29. The van der Waals surface area contributed by atoms with Crippen molar-refractivity contribution in [3.05, 3.63) is 23.8 Å². The minimum atomic E-state index is -0.0725. The average Bonchev–Trinajstić information content (AvgIpc) is 2.53. The summed E-state index contributed by atoms with van der Waals surface area (Å²) in [5, 5.41) is 0. The lowest BCUT2D eigenvalue weighted by molar-refractivity contribution is -0.121. The number of fused-ring (bicyclic) bond motifs is 1. The van der Waals surface area contributed by atoms with Gasteiger partial charge in [0, 0.05) is 25.9 Å². The zero-order valence-corrected chi connectivity index (χ0v) is 12.1. The molecule has 1 aromatic rings. The van der Waals surface area contributed by atoms with Crippen molar-refractivity contribution >= 4 is 11.7 Å². The molecule has 0 saturated heterocycles.